The molecule has 29 heavy (non-hydrogen) atoms. The first-order valence-corrected chi connectivity index (χ1v) is 11.0. The third kappa shape index (κ3) is 4.64. The third-order valence-electron chi connectivity index (χ3n) is 6.24. The fraction of sp³-hybridized carbons (Fsp3) is 0.762. The SMILES string of the molecule is CC(C)C(=O)N1CCn2nc(CNC3CCN(C(=O)[C@@H]4CCCO4)CC3)cc2C1. The summed E-state index contributed by atoms with van der Waals surface area (Å²) in [6, 6.07) is 2.52. The molecule has 3 aliphatic rings. The number of carbonyl (C=O) groups is 2. The fourth-order valence-corrected chi connectivity index (χ4v) is 4.49. The Morgan fingerprint density at radius 2 is 1.97 bits per heavy atom. The summed E-state index contributed by atoms with van der Waals surface area (Å²) in [4.78, 5) is 28.6. The van der Waals surface area contributed by atoms with Gasteiger partial charge < -0.3 is 19.9 Å². The Morgan fingerprint density at radius 3 is 2.66 bits per heavy atom. The Balaban J connectivity index is 1.24. The molecule has 1 N–H and O–H groups in total. The molecule has 0 saturated carbocycles. The smallest absolute Gasteiger partial charge is 0.251 e. The lowest BCUT2D eigenvalue weighted by Crippen LogP contribution is -2.47. The lowest BCUT2D eigenvalue weighted by Gasteiger charge is -2.33. The van der Waals surface area contributed by atoms with E-state index in [0.29, 0.717) is 19.2 Å². The molecule has 0 aliphatic carbocycles. The maximum atomic E-state index is 12.5. The van der Waals surface area contributed by atoms with Gasteiger partial charge in [-0.1, -0.05) is 13.8 Å². The largest absolute Gasteiger partial charge is 0.368 e. The number of aromatic nitrogens is 2. The number of carbonyl (C=O) groups excluding carboxylic acids is 2. The number of likely N-dealkylation sites (tertiary alicyclic amines) is 1. The second-order valence-corrected chi connectivity index (χ2v) is 8.75. The van der Waals surface area contributed by atoms with Gasteiger partial charge in [0.25, 0.3) is 5.91 Å². The first-order chi connectivity index (χ1) is 14.0. The summed E-state index contributed by atoms with van der Waals surface area (Å²) >= 11 is 0. The number of amides is 2. The normalized spacial score (nSPS) is 22.9. The Morgan fingerprint density at radius 1 is 1.17 bits per heavy atom. The van der Waals surface area contributed by atoms with E-state index in [4.69, 9.17) is 9.84 Å². The van der Waals surface area contributed by atoms with Gasteiger partial charge in [-0.15, -0.1) is 0 Å². The number of piperidine rings is 1. The number of ether oxygens (including phenoxy) is 1. The molecule has 2 saturated heterocycles. The van der Waals surface area contributed by atoms with Crippen LogP contribution in [0, 0.1) is 5.92 Å². The quantitative estimate of drug-likeness (QED) is 0.798. The van der Waals surface area contributed by atoms with Crippen LogP contribution in [0.15, 0.2) is 6.07 Å². The number of hydrogen-bond donors (Lipinski definition) is 1. The number of hydrogen-bond acceptors (Lipinski definition) is 5. The third-order valence-corrected chi connectivity index (χ3v) is 6.24. The Hall–Kier alpha value is -1.93. The van der Waals surface area contributed by atoms with E-state index in [9.17, 15) is 9.59 Å². The number of nitrogens with one attached hydrogen (secondary N) is 1. The van der Waals surface area contributed by atoms with E-state index in [2.05, 4.69) is 11.4 Å². The predicted molar refractivity (Wildman–Crippen MR) is 108 cm³/mol. The van der Waals surface area contributed by atoms with Gasteiger partial charge in [-0.05, 0) is 31.7 Å². The standard InChI is InChI=1S/C21H33N5O3/c1-15(2)20(27)25-9-10-26-18(14-25)12-17(23-26)13-22-16-5-7-24(8-6-16)21(28)19-4-3-11-29-19/h12,15-16,19,22H,3-11,13-14H2,1-2H3/t19-/m0/s1. The van der Waals surface area contributed by atoms with Crippen molar-refractivity contribution in [2.24, 2.45) is 5.92 Å². The summed E-state index contributed by atoms with van der Waals surface area (Å²) in [5.74, 6) is 0.410. The highest BCUT2D eigenvalue weighted by Crippen LogP contribution is 2.19. The molecule has 2 fully saturated rings. The zero-order chi connectivity index (χ0) is 20.4. The molecule has 4 rings (SSSR count). The second-order valence-electron chi connectivity index (χ2n) is 8.75. The van der Waals surface area contributed by atoms with Crippen LogP contribution in [0.4, 0.5) is 0 Å². The molecule has 0 aromatic carbocycles. The van der Waals surface area contributed by atoms with Crippen LogP contribution in [0.3, 0.4) is 0 Å². The molecule has 0 unspecified atom stereocenters. The van der Waals surface area contributed by atoms with Crippen molar-refractivity contribution in [3.8, 4) is 0 Å². The Kier molecular flexibility index (Phi) is 6.20. The van der Waals surface area contributed by atoms with E-state index in [0.717, 1.165) is 69.8 Å². The lowest BCUT2D eigenvalue weighted by molar-refractivity contribution is -0.142. The molecular formula is C21H33N5O3. The molecule has 1 atom stereocenters. The molecule has 160 valence electrons. The highest BCUT2D eigenvalue weighted by Gasteiger charge is 2.31. The minimum atomic E-state index is -0.210. The van der Waals surface area contributed by atoms with Crippen molar-refractivity contribution in [1.82, 2.24) is 24.9 Å². The Bertz CT molecular complexity index is 733. The highest BCUT2D eigenvalue weighted by atomic mass is 16.5. The van der Waals surface area contributed by atoms with Crippen LogP contribution in [-0.2, 0) is 34.0 Å². The zero-order valence-electron chi connectivity index (χ0n) is 17.6. The second kappa shape index (κ2) is 8.83. The van der Waals surface area contributed by atoms with E-state index in [-0.39, 0.29) is 23.8 Å². The van der Waals surface area contributed by atoms with Crippen LogP contribution < -0.4 is 5.32 Å². The molecule has 3 aliphatic heterocycles. The van der Waals surface area contributed by atoms with Gasteiger partial charge in [-0.3, -0.25) is 14.3 Å². The molecule has 8 heteroatoms. The van der Waals surface area contributed by atoms with Crippen molar-refractivity contribution in [1.29, 1.82) is 0 Å². The van der Waals surface area contributed by atoms with Crippen LogP contribution in [0.25, 0.3) is 0 Å². The summed E-state index contributed by atoms with van der Waals surface area (Å²) in [5.41, 5.74) is 2.13. The molecule has 4 heterocycles. The lowest BCUT2D eigenvalue weighted by atomic mass is 10.0. The zero-order valence-corrected chi connectivity index (χ0v) is 17.6. The van der Waals surface area contributed by atoms with Gasteiger partial charge in [0.05, 0.1) is 24.5 Å². The van der Waals surface area contributed by atoms with Gasteiger partial charge in [-0.25, -0.2) is 0 Å². The first-order valence-electron chi connectivity index (χ1n) is 11.0. The monoisotopic (exact) mass is 403 g/mol. The van der Waals surface area contributed by atoms with Gasteiger partial charge in [0, 0.05) is 44.7 Å². The van der Waals surface area contributed by atoms with Crippen LogP contribution in [0.5, 0.6) is 0 Å². The van der Waals surface area contributed by atoms with E-state index in [1.807, 2.05) is 28.3 Å². The molecule has 0 radical (unpaired) electrons. The average molecular weight is 404 g/mol. The van der Waals surface area contributed by atoms with Gasteiger partial charge in [-0.2, -0.15) is 5.10 Å². The fourth-order valence-electron chi connectivity index (χ4n) is 4.49. The van der Waals surface area contributed by atoms with Crippen molar-refractivity contribution in [3.05, 3.63) is 17.5 Å². The van der Waals surface area contributed by atoms with Crippen molar-refractivity contribution >= 4 is 11.8 Å². The van der Waals surface area contributed by atoms with Crippen LogP contribution >= 0.6 is 0 Å². The summed E-state index contributed by atoms with van der Waals surface area (Å²) < 4.78 is 7.57. The van der Waals surface area contributed by atoms with E-state index >= 15 is 0 Å². The van der Waals surface area contributed by atoms with Crippen molar-refractivity contribution in [2.75, 3.05) is 26.2 Å². The predicted octanol–water partition coefficient (Wildman–Crippen LogP) is 1.14. The van der Waals surface area contributed by atoms with Crippen LogP contribution in [0.2, 0.25) is 0 Å². The van der Waals surface area contributed by atoms with Crippen molar-refractivity contribution in [2.45, 2.75) is 71.3 Å². The van der Waals surface area contributed by atoms with Crippen molar-refractivity contribution < 1.29 is 14.3 Å². The first kappa shape index (κ1) is 20.3. The van der Waals surface area contributed by atoms with Crippen molar-refractivity contribution in [3.63, 3.8) is 0 Å². The summed E-state index contributed by atoms with van der Waals surface area (Å²) in [5, 5.41) is 8.31. The molecule has 2 amide bonds. The molecular weight excluding hydrogens is 370 g/mol. The minimum Gasteiger partial charge on any atom is -0.368 e. The van der Waals surface area contributed by atoms with Crippen LogP contribution in [0.1, 0.15) is 50.9 Å². The number of rotatable bonds is 5. The highest BCUT2D eigenvalue weighted by molar-refractivity contribution is 5.81. The van der Waals surface area contributed by atoms with E-state index in [1.165, 1.54) is 0 Å². The molecule has 8 nitrogen and oxygen atoms in total. The van der Waals surface area contributed by atoms with E-state index in [1.54, 1.807) is 0 Å². The Labute approximate surface area is 172 Å². The molecule has 0 spiro atoms. The summed E-state index contributed by atoms with van der Waals surface area (Å²) in [6.45, 7) is 9.06. The summed E-state index contributed by atoms with van der Waals surface area (Å²) in [6.07, 6.45) is 3.57. The molecule has 1 aromatic rings. The maximum absolute atomic E-state index is 12.5. The van der Waals surface area contributed by atoms with Gasteiger partial charge in [0.2, 0.25) is 5.91 Å². The number of fused-ring (bicyclic) bond motifs is 1. The molecule has 1 aromatic heterocycles. The van der Waals surface area contributed by atoms with Gasteiger partial charge in [0.1, 0.15) is 6.10 Å². The summed E-state index contributed by atoms with van der Waals surface area (Å²) in [7, 11) is 0. The van der Waals surface area contributed by atoms with Crippen LogP contribution in [-0.4, -0.2) is 69.8 Å². The average Bonchev–Trinajstić information content (AvgIpc) is 3.40. The topological polar surface area (TPSA) is 79.7 Å². The van der Waals surface area contributed by atoms with Gasteiger partial charge in [0.15, 0.2) is 0 Å². The van der Waals surface area contributed by atoms with Gasteiger partial charge >= 0.3 is 0 Å². The minimum absolute atomic E-state index is 0.0311. The maximum Gasteiger partial charge on any atom is 0.251 e. The molecule has 0 bridgehead atoms. The van der Waals surface area contributed by atoms with E-state index < -0.39 is 0 Å². The number of nitrogens with zero attached hydrogens (tertiary/aromatic N) is 4.